The molecule has 0 amide bonds. The summed E-state index contributed by atoms with van der Waals surface area (Å²) in [4.78, 5) is 11.1. The molecule has 0 atom stereocenters. The largest absolute Gasteiger partial charge is 0.481 e. The number of carbonyl (C=O) groups is 1. The predicted octanol–water partition coefficient (Wildman–Crippen LogP) is 1.92. The summed E-state index contributed by atoms with van der Waals surface area (Å²) in [5.41, 5.74) is 1.81. The van der Waals surface area contributed by atoms with E-state index in [1.165, 1.54) is 0 Å². The first-order valence-corrected chi connectivity index (χ1v) is 5.50. The number of pyridine rings is 1. The Morgan fingerprint density at radius 3 is 2.88 bits per heavy atom. The SMILES string of the molecule is COc1ccc(C(=O)O)c2cc(C3CC3)nn12. The van der Waals surface area contributed by atoms with Crippen LogP contribution in [0.1, 0.15) is 34.8 Å². The molecule has 1 aliphatic carbocycles. The number of hydrogen-bond donors (Lipinski definition) is 1. The van der Waals surface area contributed by atoms with E-state index in [1.54, 1.807) is 23.8 Å². The van der Waals surface area contributed by atoms with Crippen LogP contribution < -0.4 is 4.74 Å². The summed E-state index contributed by atoms with van der Waals surface area (Å²) in [6.07, 6.45) is 2.27. The Morgan fingerprint density at radius 2 is 2.29 bits per heavy atom. The summed E-state index contributed by atoms with van der Waals surface area (Å²) in [6.45, 7) is 0. The highest BCUT2D eigenvalue weighted by atomic mass is 16.5. The molecule has 0 aromatic carbocycles. The van der Waals surface area contributed by atoms with Crippen molar-refractivity contribution in [3.63, 3.8) is 0 Å². The highest BCUT2D eigenvalue weighted by molar-refractivity contribution is 5.95. The number of hydrogen-bond acceptors (Lipinski definition) is 3. The smallest absolute Gasteiger partial charge is 0.337 e. The molecule has 0 unspecified atom stereocenters. The van der Waals surface area contributed by atoms with Crippen molar-refractivity contribution in [2.45, 2.75) is 18.8 Å². The van der Waals surface area contributed by atoms with Crippen LogP contribution in [0.25, 0.3) is 5.52 Å². The van der Waals surface area contributed by atoms with Gasteiger partial charge in [0, 0.05) is 12.0 Å². The van der Waals surface area contributed by atoms with E-state index >= 15 is 0 Å². The Labute approximate surface area is 97.6 Å². The lowest BCUT2D eigenvalue weighted by Crippen LogP contribution is -2.03. The maximum atomic E-state index is 11.1. The van der Waals surface area contributed by atoms with Crippen LogP contribution in [0, 0.1) is 0 Å². The number of fused-ring (bicyclic) bond motifs is 1. The van der Waals surface area contributed by atoms with E-state index in [0.29, 0.717) is 17.3 Å². The van der Waals surface area contributed by atoms with E-state index in [-0.39, 0.29) is 5.56 Å². The maximum Gasteiger partial charge on any atom is 0.337 e. The van der Waals surface area contributed by atoms with Crippen LogP contribution in [0.15, 0.2) is 18.2 Å². The van der Waals surface area contributed by atoms with Gasteiger partial charge in [0.1, 0.15) is 0 Å². The fourth-order valence-corrected chi connectivity index (χ4v) is 1.98. The number of methoxy groups -OCH3 is 1. The molecule has 2 aromatic rings. The quantitative estimate of drug-likeness (QED) is 0.878. The van der Waals surface area contributed by atoms with E-state index in [2.05, 4.69) is 5.10 Å². The fourth-order valence-electron chi connectivity index (χ4n) is 1.98. The van der Waals surface area contributed by atoms with Crippen molar-refractivity contribution in [3.8, 4) is 5.88 Å². The number of carboxylic acid groups (broad SMARTS) is 1. The second-order valence-corrected chi connectivity index (χ2v) is 4.24. The van der Waals surface area contributed by atoms with Crippen molar-refractivity contribution >= 4 is 11.5 Å². The summed E-state index contributed by atoms with van der Waals surface area (Å²) in [6, 6.07) is 5.03. The summed E-state index contributed by atoms with van der Waals surface area (Å²) >= 11 is 0. The lowest BCUT2D eigenvalue weighted by molar-refractivity contribution is 0.0698. The molecule has 5 nitrogen and oxygen atoms in total. The molecular formula is C12H12N2O3. The van der Waals surface area contributed by atoms with E-state index in [9.17, 15) is 4.79 Å². The highest BCUT2D eigenvalue weighted by Crippen LogP contribution is 2.40. The second-order valence-electron chi connectivity index (χ2n) is 4.24. The van der Waals surface area contributed by atoms with Gasteiger partial charge in [-0.3, -0.25) is 0 Å². The summed E-state index contributed by atoms with van der Waals surface area (Å²) in [5, 5.41) is 13.5. The Hall–Kier alpha value is -2.04. The lowest BCUT2D eigenvalue weighted by atomic mass is 10.2. The second kappa shape index (κ2) is 3.48. The molecule has 0 radical (unpaired) electrons. The van der Waals surface area contributed by atoms with Gasteiger partial charge in [0.25, 0.3) is 0 Å². The number of rotatable bonds is 3. The van der Waals surface area contributed by atoms with Gasteiger partial charge in [0.15, 0.2) is 0 Å². The van der Waals surface area contributed by atoms with Crippen molar-refractivity contribution < 1.29 is 14.6 Å². The molecule has 1 saturated carbocycles. The normalized spacial score (nSPS) is 15.1. The Balaban J connectivity index is 2.27. The first-order chi connectivity index (χ1) is 8.20. The van der Waals surface area contributed by atoms with Gasteiger partial charge in [0.05, 0.1) is 23.9 Å². The Bertz CT molecular complexity index is 599. The lowest BCUT2D eigenvalue weighted by Gasteiger charge is -2.04. The van der Waals surface area contributed by atoms with Crippen LogP contribution in [-0.4, -0.2) is 27.8 Å². The molecule has 1 N–H and O–H groups in total. The zero-order valence-corrected chi connectivity index (χ0v) is 9.38. The van der Waals surface area contributed by atoms with Gasteiger partial charge < -0.3 is 9.84 Å². The van der Waals surface area contributed by atoms with Crippen LogP contribution in [0.2, 0.25) is 0 Å². The van der Waals surface area contributed by atoms with Crippen molar-refractivity contribution in [2.24, 2.45) is 0 Å². The molecule has 5 heteroatoms. The third-order valence-electron chi connectivity index (χ3n) is 3.04. The van der Waals surface area contributed by atoms with Gasteiger partial charge in [-0.15, -0.1) is 0 Å². The van der Waals surface area contributed by atoms with E-state index < -0.39 is 5.97 Å². The van der Waals surface area contributed by atoms with Crippen molar-refractivity contribution in [2.75, 3.05) is 7.11 Å². The summed E-state index contributed by atoms with van der Waals surface area (Å²) in [7, 11) is 1.55. The monoisotopic (exact) mass is 232 g/mol. The van der Waals surface area contributed by atoms with Crippen LogP contribution in [0.5, 0.6) is 5.88 Å². The van der Waals surface area contributed by atoms with Gasteiger partial charge in [0.2, 0.25) is 5.88 Å². The zero-order valence-electron chi connectivity index (χ0n) is 9.38. The molecule has 0 aliphatic heterocycles. The van der Waals surface area contributed by atoms with Gasteiger partial charge in [-0.2, -0.15) is 9.61 Å². The zero-order chi connectivity index (χ0) is 12.0. The van der Waals surface area contributed by atoms with Crippen LogP contribution >= 0.6 is 0 Å². The van der Waals surface area contributed by atoms with Crippen molar-refractivity contribution in [3.05, 3.63) is 29.5 Å². The third kappa shape index (κ3) is 1.54. The standard InChI is InChI=1S/C12H12N2O3/c1-17-11-5-4-8(12(15)16)10-6-9(7-2-3-7)13-14(10)11/h4-7H,2-3H2,1H3,(H,15,16). The van der Waals surface area contributed by atoms with Crippen LogP contribution in [-0.2, 0) is 0 Å². The van der Waals surface area contributed by atoms with E-state index in [1.807, 2.05) is 6.07 Å². The van der Waals surface area contributed by atoms with Crippen LogP contribution in [0.4, 0.5) is 0 Å². The number of aromatic nitrogens is 2. The Kier molecular flexibility index (Phi) is 2.07. The molecule has 88 valence electrons. The minimum atomic E-state index is -0.945. The number of aromatic carboxylic acids is 1. The molecule has 2 aromatic heterocycles. The molecule has 0 saturated heterocycles. The maximum absolute atomic E-state index is 11.1. The number of nitrogens with zero attached hydrogens (tertiary/aromatic N) is 2. The first-order valence-electron chi connectivity index (χ1n) is 5.50. The summed E-state index contributed by atoms with van der Waals surface area (Å²) < 4.78 is 6.75. The third-order valence-corrected chi connectivity index (χ3v) is 3.04. The molecule has 1 fully saturated rings. The molecular weight excluding hydrogens is 220 g/mol. The highest BCUT2D eigenvalue weighted by Gasteiger charge is 2.27. The van der Waals surface area contributed by atoms with Gasteiger partial charge >= 0.3 is 5.97 Å². The fraction of sp³-hybridized carbons (Fsp3) is 0.333. The minimum absolute atomic E-state index is 0.255. The van der Waals surface area contributed by atoms with E-state index in [4.69, 9.17) is 9.84 Å². The van der Waals surface area contributed by atoms with Gasteiger partial charge in [-0.1, -0.05) is 0 Å². The molecule has 1 aliphatic rings. The average Bonchev–Trinajstić information content (AvgIpc) is 3.06. The molecule has 3 rings (SSSR count). The Morgan fingerprint density at radius 1 is 1.53 bits per heavy atom. The molecule has 2 heterocycles. The summed E-state index contributed by atoms with van der Waals surface area (Å²) in [5.74, 6) is 0.0954. The van der Waals surface area contributed by atoms with E-state index in [0.717, 1.165) is 18.5 Å². The molecule has 0 bridgehead atoms. The van der Waals surface area contributed by atoms with Gasteiger partial charge in [-0.05, 0) is 25.0 Å². The average molecular weight is 232 g/mol. The van der Waals surface area contributed by atoms with Crippen molar-refractivity contribution in [1.82, 2.24) is 9.61 Å². The van der Waals surface area contributed by atoms with Crippen molar-refractivity contribution in [1.29, 1.82) is 0 Å². The topological polar surface area (TPSA) is 63.8 Å². The number of carboxylic acids is 1. The first kappa shape index (κ1) is 10.1. The molecule has 0 spiro atoms. The van der Waals surface area contributed by atoms with Gasteiger partial charge in [-0.25, -0.2) is 4.79 Å². The minimum Gasteiger partial charge on any atom is -0.481 e. The predicted molar refractivity (Wildman–Crippen MR) is 60.7 cm³/mol. The molecule has 17 heavy (non-hydrogen) atoms. The van der Waals surface area contributed by atoms with Crippen LogP contribution in [0.3, 0.4) is 0 Å². The number of ether oxygens (including phenoxy) is 1.